The van der Waals surface area contributed by atoms with Gasteiger partial charge in [-0.05, 0) is 70.8 Å². The zero-order valence-electron chi connectivity index (χ0n) is 17.7. The van der Waals surface area contributed by atoms with Gasteiger partial charge in [0.15, 0.2) is 0 Å². The highest BCUT2D eigenvalue weighted by molar-refractivity contribution is 9.11. The zero-order chi connectivity index (χ0) is 22.4. The third kappa shape index (κ3) is 3.72. The third-order valence-electron chi connectivity index (χ3n) is 6.10. The number of halogens is 2. The Morgan fingerprint density at radius 1 is 0.424 bits per heavy atom. The first kappa shape index (κ1) is 20.5. The summed E-state index contributed by atoms with van der Waals surface area (Å²) in [6.07, 6.45) is 0. The molecular formula is C30H19Br2N. The molecule has 0 saturated heterocycles. The minimum absolute atomic E-state index is 1.06. The van der Waals surface area contributed by atoms with Crippen LogP contribution in [-0.4, -0.2) is 4.57 Å². The average molecular weight is 553 g/mol. The summed E-state index contributed by atoms with van der Waals surface area (Å²) >= 11 is 7.25. The lowest BCUT2D eigenvalue weighted by atomic mass is 10.0. The van der Waals surface area contributed by atoms with E-state index in [1.807, 2.05) is 0 Å². The molecule has 0 atom stereocenters. The number of aromatic nitrogens is 1. The van der Waals surface area contributed by atoms with Crippen molar-refractivity contribution in [3.05, 3.63) is 124 Å². The molecular weight excluding hydrogens is 534 g/mol. The molecule has 0 fully saturated rings. The van der Waals surface area contributed by atoms with Gasteiger partial charge in [0.25, 0.3) is 0 Å². The maximum atomic E-state index is 3.62. The number of fused-ring (bicyclic) bond motifs is 3. The Bertz CT molecular complexity index is 1590. The molecule has 0 radical (unpaired) electrons. The van der Waals surface area contributed by atoms with Gasteiger partial charge in [-0.25, -0.2) is 0 Å². The van der Waals surface area contributed by atoms with Crippen LogP contribution in [0.4, 0.5) is 0 Å². The molecule has 0 saturated carbocycles. The number of rotatable bonds is 3. The molecule has 6 rings (SSSR count). The van der Waals surface area contributed by atoms with Gasteiger partial charge in [-0.2, -0.15) is 0 Å². The number of para-hydroxylation sites is 1. The van der Waals surface area contributed by atoms with Gasteiger partial charge in [-0.15, -0.1) is 0 Å². The summed E-state index contributed by atoms with van der Waals surface area (Å²) in [5.74, 6) is 0. The first-order chi connectivity index (χ1) is 16.2. The first-order valence-corrected chi connectivity index (χ1v) is 12.4. The second-order valence-electron chi connectivity index (χ2n) is 8.16. The molecule has 0 spiro atoms. The fraction of sp³-hybridized carbons (Fsp3) is 0. The predicted octanol–water partition coefficient (Wildman–Crippen LogP) is 9.64. The topological polar surface area (TPSA) is 4.93 Å². The zero-order valence-corrected chi connectivity index (χ0v) is 20.8. The molecule has 6 aromatic rings. The normalized spacial score (nSPS) is 11.3. The Morgan fingerprint density at radius 2 is 1.03 bits per heavy atom. The lowest BCUT2D eigenvalue weighted by Gasteiger charge is -2.10. The van der Waals surface area contributed by atoms with Crippen LogP contribution in [0.5, 0.6) is 0 Å². The second-order valence-corrected chi connectivity index (χ2v) is 9.99. The smallest absolute Gasteiger partial charge is 0.0541 e. The molecule has 0 unspecified atom stereocenters. The van der Waals surface area contributed by atoms with E-state index < -0.39 is 0 Å². The van der Waals surface area contributed by atoms with Crippen molar-refractivity contribution in [2.75, 3.05) is 0 Å². The number of hydrogen-bond acceptors (Lipinski definition) is 0. The molecule has 1 heterocycles. The van der Waals surface area contributed by atoms with E-state index in [9.17, 15) is 0 Å². The number of benzene rings is 5. The van der Waals surface area contributed by atoms with Crippen molar-refractivity contribution >= 4 is 53.7 Å². The van der Waals surface area contributed by atoms with E-state index >= 15 is 0 Å². The summed E-state index contributed by atoms with van der Waals surface area (Å²) in [6.45, 7) is 0. The highest BCUT2D eigenvalue weighted by Gasteiger charge is 2.13. The summed E-state index contributed by atoms with van der Waals surface area (Å²) in [6, 6.07) is 41.2. The van der Waals surface area contributed by atoms with Crippen LogP contribution >= 0.6 is 31.9 Å². The van der Waals surface area contributed by atoms with E-state index in [2.05, 4.69) is 152 Å². The summed E-state index contributed by atoms with van der Waals surface area (Å²) < 4.78 is 4.49. The lowest BCUT2D eigenvalue weighted by molar-refractivity contribution is 1.18. The van der Waals surface area contributed by atoms with Gasteiger partial charge in [-0.1, -0.05) is 98.6 Å². The van der Waals surface area contributed by atoms with E-state index in [0.717, 1.165) is 8.95 Å². The van der Waals surface area contributed by atoms with E-state index in [1.54, 1.807) is 0 Å². The number of nitrogens with zero attached hydrogens (tertiary/aromatic N) is 1. The SMILES string of the molecule is Brc1cc(Br)cc(-c2ccc3c(c2)c2ccccc2n3-c2ccc(-c3ccccc3)cc2)c1. The molecule has 0 aliphatic rings. The van der Waals surface area contributed by atoms with Gasteiger partial charge in [-0.3, -0.25) is 0 Å². The van der Waals surface area contributed by atoms with E-state index in [0.29, 0.717) is 0 Å². The fourth-order valence-corrected chi connectivity index (χ4v) is 5.88. The summed E-state index contributed by atoms with van der Waals surface area (Å²) in [4.78, 5) is 0. The highest BCUT2D eigenvalue weighted by atomic mass is 79.9. The molecule has 0 N–H and O–H groups in total. The summed E-state index contributed by atoms with van der Waals surface area (Å²) in [5, 5.41) is 2.52. The fourth-order valence-electron chi connectivity index (χ4n) is 4.58. The van der Waals surface area contributed by atoms with Gasteiger partial charge in [0.05, 0.1) is 11.0 Å². The van der Waals surface area contributed by atoms with Crippen LogP contribution in [0.3, 0.4) is 0 Å². The van der Waals surface area contributed by atoms with Crippen LogP contribution in [0.15, 0.2) is 124 Å². The Morgan fingerprint density at radius 3 is 1.79 bits per heavy atom. The standard InChI is InChI=1S/C30H19Br2N/c31-24-16-23(17-25(32)19-24)22-12-15-30-28(18-22)27-8-4-5-9-29(27)33(30)26-13-10-21(11-14-26)20-6-2-1-3-7-20/h1-19H. The molecule has 1 nitrogen and oxygen atoms in total. The molecule has 33 heavy (non-hydrogen) atoms. The largest absolute Gasteiger partial charge is 0.309 e. The first-order valence-electron chi connectivity index (χ1n) is 10.8. The third-order valence-corrected chi connectivity index (χ3v) is 7.02. The van der Waals surface area contributed by atoms with Gasteiger partial charge < -0.3 is 4.57 Å². The van der Waals surface area contributed by atoms with Crippen LogP contribution in [0.1, 0.15) is 0 Å². The van der Waals surface area contributed by atoms with E-state index in [4.69, 9.17) is 0 Å². The molecule has 0 aliphatic heterocycles. The van der Waals surface area contributed by atoms with Crippen molar-refractivity contribution in [3.8, 4) is 27.9 Å². The van der Waals surface area contributed by atoms with Crippen molar-refractivity contribution in [2.24, 2.45) is 0 Å². The molecule has 1 aromatic heterocycles. The Labute approximate surface area is 209 Å². The van der Waals surface area contributed by atoms with Crippen molar-refractivity contribution in [1.82, 2.24) is 4.57 Å². The molecule has 0 bridgehead atoms. The predicted molar refractivity (Wildman–Crippen MR) is 147 cm³/mol. The van der Waals surface area contributed by atoms with Crippen LogP contribution in [0.25, 0.3) is 49.7 Å². The maximum Gasteiger partial charge on any atom is 0.0541 e. The Balaban J connectivity index is 1.53. The number of hydrogen-bond donors (Lipinski definition) is 0. The van der Waals surface area contributed by atoms with E-state index in [-0.39, 0.29) is 0 Å². The van der Waals surface area contributed by atoms with Crippen molar-refractivity contribution < 1.29 is 0 Å². The van der Waals surface area contributed by atoms with Crippen molar-refractivity contribution in [2.45, 2.75) is 0 Å². The van der Waals surface area contributed by atoms with Crippen LogP contribution in [-0.2, 0) is 0 Å². The van der Waals surface area contributed by atoms with Gasteiger partial charge in [0.1, 0.15) is 0 Å². The molecule has 158 valence electrons. The van der Waals surface area contributed by atoms with Crippen LogP contribution in [0, 0.1) is 0 Å². The summed E-state index contributed by atoms with van der Waals surface area (Å²) in [5.41, 5.74) is 8.43. The molecule has 0 aliphatic carbocycles. The highest BCUT2D eigenvalue weighted by Crippen LogP contribution is 2.36. The molecule has 0 amide bonds. The van der Waals surface area contributed by atoms with Gasteiger partial charge in [0.2, 0.25) is 0 Å². The van der Waals surface area contributed by atoms with Crippen LogP contribution in [0.2, 0.25) is 0 Å². The minimum atomic E-state index is 1.06. The van der Waals surface area contributed by atoms with Gasteiger partial charge >= 0.3 is 0 Å². The average Bonchev–Trinajstić information content (AvgIpc) is 3.18. The van der Waals surface area contributed by atoms with E-state index in [1.165, 1.54) is 49.7 Å². The van der Waals surface area contributed by atoms with Crippen LogP contribution < -0.4 is 0 Å². The van der Waals surface area contributed by atoms with Gasteiger partial charge in [0, 0.05) is 25.4 Å². The summed E-state index contributed by atoms with van der Waals surface area (Å²) in [7, 11) is 0. The monoisotopic (exact) mass is 551 g/mol. The Hall–Kier alpha value is -3.14. The quantitative estimate of drug-likeness (QED) is 0.206. The maximum absolute atomic E-state index is 3.62. The molecule has 5 aromatic carbocycles. The van der Waals surface area contributed by atoms with Crippen molar-refractivity contribution in [1.29, 1.82) is 0 Å². The minimum Gasteiger partial charge on any atom is -0.309 e. The Kier molecular flexibility index (Phi) is 5.17. The molecule has 3 heteroatoms. The lowest BCUT2D eigenvalue weighted by Crippen LogP contribution is -1.93. The second kappa shape index (κ2) is 8.33. The van der Waals surface area contributed by atoms with Crippen molar-refractivity contribution in [3.63, 3.8) is 0 Å².